The number of hydrogen-bond acceptors (Lipinski definition) is 5. The molecule has 2 aromatic rings. The van der Waals surface area contributed by atoms with E-state index in [1.807, 2.05) is 62.4 Å². The van der Waals surface area contributed by atoms with Gasteiger partial charge < -0.3 is 25.2 Å². The van der Waals surface area contributed by atoms with Gasteiger partial charge in [-0.1, -0.05) is 48.5 Å². The van der Waals surface area contributed by atoms with Crippen LogP contribution in [0.3, 0.4) is 0 Å². The van der Waals surface area contributed by atoms with Crippen molar-refractivity contribution in [2.24, 2.45) is 0 Å². The molecule has 2 amide bonds. The maximum absolute atomic E-state index is 12.8. The smallest absolute Gasteiger partial charge is 0.407 e. The molecular formula is C26H30N2O6. The fourth-order valence-corrected chi connectivity index (χ4v) is 4.82. The molecule has 8 heteroatoms. The first-order valence-corrected chi connectivity index (χ1v) is 11.5. The fourth-order valence-electron chi connectivity index (χ4n) is 4.82. The van der Waals surface area contributed by atoms with E-state index in [-0.39, 0.29) is 24.2 Å². The highest BCUT2D eigenvalue weighted by molar-refractivity contribution is 5.89. The normalized spacial score (nSPS) is 19.4. The number of carbonyl (C=O) groups is 3. The van der Waals surface area contributed by atoms with Crippen LogP contribution in [0.25, 0.3) is 11.1 Å². The second-order valence-electron chi connectivity index (χ2n) is 9.43. The van der Waals surface area contributed by atoms with Gasteiger partial charge in [-0.25, -0.2) is 4.79 Å². The number of carboxylic acid groups (broad SMARTS) is 1. The van der Waals surface area contributed by atoms with Crippen molar-refractivity contribution in [3.63, 3.8) is 0 Å². The summed E-state index contributed by atoms with van der Waals surface area (Å²) in [7, 11) is 0. The number of benzene rings is 2. The van der Waals surface area contributed by atoms with E-state index in [9.17, 15) is 19.5 Å². The van der Waals surface area contributed by atoms with E-state index >= 15 is 0 Å². The zero-order valence-corrected chi connectivity index (χ0v) is 19.4. The van der Waals surface area contributed by atoms with Crippen LogP contribution in [-0.4, -0.2) is 54.0 Å². The fraction of sp³-hybridized carbons (Fsp3) is 0.423. The largest absolute Gasteiger partial charge is 0.481 e. The second-order valence-corrected chi connectivity index (χ2v) is 9.43. The highest BCUT2D eigenvalue weighted by atomic mass is 16.5. The summed E-state index contributed by atoms with van der Waals surface area (Å²) in [4.78, 5) is 36.7. The Morgan fingerprint density at radius 2 is 1.71 bits per heavy atom. The van der Waals surface area contributed by atoms with Gasteiger partial charge in [0.15, 0.2) is 0 Å². The number of carboxylic acids is 1. The Hall–Kier alpha value is -3.39. The van der Waals surface area contributed by atoms with Crippen molar-refractivity contribution in [3.05, 3.63) is 59.7 Å². The molecule has 34 heavy (non-hydrogen) atoms. The summed E-state index contributed by atoms with van der Waals surface area (Å²) in [6, 6.07) is 14.6. The van der Waals surface area contributed by atoms with Crippen molar-refractivity contribution in [2.75, 3.05) is 13.2 Å². The highest BCUT2D eigenvalue weighted by Crippen LogP contribution is 2.44. The summed E-state index contributed by atoms with van der Waals surface area (Å²) in [6.45, 7) is 4.46. The SMILES string of the molecule is CC1(C)CC(NC(=O)C(CC(=O)O)NC(=O)OCC2c3ccccc3-c3ccccc32)CCO1. The van der Waals surface area contributed by atoms with E-state index in [0.29, 0.717) is 19.4 Å². The Balaban J connectivity index is 1.39. The van der Waals surface area contributed by atoms with E-state index in [4.69, 9.17) is 9.47 Å². The Labute approximate surface area is 198 Å². The summed E-state index contributed by atoms with van der Waals surface area (Å²) in [6.07, 6.45) is -0.137. The molecule has 1 aliphatic carbocycles. The quantitative estimate of drug-likeness (QED) is 0.576. The predicted octanol–water partition coefficient (Wildman–Crippen LogP) is 3.44. The Morgan fingerprint density at radius 3 is 2.29 bits per heavy atom. The molecule has 0 saturated carbocycles. The standard InChI is InChI=1S/C26H30N2O6/c1-26(2)14-16(11-12-34-26)27-24(31)22(13-23(29)30)28-25(32)33-15-21-19-9-5-3-7-17(19)18-8-4-6-10-20(18)21/h3-10,16,21-22H,11-15H2,1-2H3,(H,27,31)(H,28,32)(H,29,30). The van der Waals surface area contributed by atoms with E-state index in [2.05, 4.69) is 10.6 Å². The van der Waals surface area contributed by atoms with Gasteiger partial charge in [-0.2, -0.15) is 0 Å². The average Bonchev–Trinajstić information content (AvgIpc) is 3.10. The molecule has 8 nitrogen and oxygen atoms in total. The minimum Gasteiger partial charge on any atom is -0.481 e. The summed E-state index contributed by atoms with van der Waals surface area (Å²) in [5.74, 6) is -1.86. The lowest BCUT2D eigenvalue weighted by atomic mass is 9.93. The van der Waals surface area contributed by atoms with Gasteiger partial charge in [0.25, 0.3) is 0 Å². The second kappa shape index (κ2) is 9.85. The lowest BCUT2D eigenvalue weighted by Gasteiger charge is -2.36. The number of ether oxygens (including phenoxy) is 2. The number of alkyl carbamates (subject to hydrolysis) is 1. The molecule has 1 heterocycles. The molecule has 0 aromatic heterocycles. The van der Waals surface area contributed by atoms with Gasteiger partial charge in [-0.3, -0.25) is 9.59 Å². The van der Waals surface area contributed by atoms with Crippen molar-refractivity contribution in [1.82, 2.24) is 10.6 Å². The van der Waals surface area contributed by atoms with Crippen LogP contribution < -0.4 is 10.6 Å². The van der Waals surface area contributed by atoms with Crippen LogP contribution in [0.5, 0.6) is 0 Å². The van der Waals surface area contributed by atoms with Crippen LogP contribution in [0.1, 0.15) is 50.2 Å². The lowest BCUT2D eigenvalue weighted by Crippen LogP contribution is -2.53. The van der Waals surface area contributed by atoms with Gasteiger partial charge >= 0.3 is 12.1 Å². The molecule has 1 aliphatic heterocycles. The molecule has 0 radical (unpaired) electrons. The van der Waals surface area contributed by atoms with E-state index in [0.717, 1.165) is 22.3 Å². The molecule has 2 aromatic carbocycles. The first-order valence-electron chi connectivity index (χ1n) is 11.5. The molecule has 0 spiro atoms. The third kappa shape index (κ3) is 5.39. The Morgan fingerprint density at radius 1 is 1.09 bits per heavy atom. The van der Waals surface area contributed by atoms with Crippen LogP contribution in [-0.2, 0) is 19.1 Å². The lowest BCUT2D eigenvalue weighted by molar-refractivity contribution is -0.140. The molecule has 180 valence electrons. The first kappa shape index (κ1) is 23.8. The number of carbonyl (C=O) groups excluding carboxylic acids is 2. The summed E-state index contributed by atoms with van der Waals surface area (Å²) >= 11 is 0. The molecule has 1 saturated heterocycles. The molecule has 4 rings (SSSR count). The van der Waals surface area contributed by atoms with E-state index < -0.39 is 30.4 Å². The zero-order chi connectivity index (χ0) is 24.3. The van der Waals surface area contributed by atoms with E-state index in [1.54, 1.807) is 0 Å². The molecule has 1 fully saturated rings. The van der Waals surface area contributed by atoms with Crippen LogP contribution >= 0.6 is 0 Å². The molecule has 2 atom stereocenters. The topological polar surface area (TPSA) is 114 Å². The monoisotopic (exact) mass is 466 g/mol. The van der Waals surface area contributed by atoms with Crippen LogP contribution in [0.15, 0.2) is 48.5 Å². The summed E-state index contributed by atoms with van der Waals surface area (Å²) < 4.78 is 11.1. The molecule has 0 bridgehead atoms. The first-order chi connectivity index (χ1) is 16.2. The van der Waals surface area contributed by atoms with Crippen molar-refractivity contribution in [3.8, 4) is 11.1 Å². The van der Waals surface area contributed by atoms with Crippen LogP contribution in [0.2, 0.25) is 0 Å². The molecule has 2 aliphatic rings. The number of amides is 2. The third-order valence-corrected chi connectivity index (χ3v) is 6.37. The predicted molar refractivity (Wildman–Crippen MR) is 125 cm³/mol. The number of aliphatic carboxylic acids is 1. The highest BCUT2D eigenvalue weighted by Gasteiger charge is 2.33. The number of hydrogen-bond donors (Lipinski definition) is 3. The summed E-state index contributed by atoms with van der Waals surface area (Å²) in [5, 5.41) is 14.6. The maximum atomic E-state index is 12.8. The van der Waals surface area contributed by atoms with Crippen LogP contribution in [0, 0.1) is 0 Å². The summed E-state index contributed by atoms with van der Waals surface area (Å²) in [5.41, 5.74) is 3.97. The van der Waals surface area contributed by atoms with Gasteiger partial charge in [0, 0.05) is 18.6 Å². The molecule has 3 N–H and O–H groups in total. The van der Waals surface area contributed by atoms with Crippen molar-refractivity contribution < 1.29 is 29.0 Å². The average molecular weight is 467 g/mol. The van der Waals surface area contributed by atoms with E-state index in [1.165, 1.54) is 0 Å². The Bertz CT molecular complexity index is 1040. The van der Waals surface area contributed by atoms with Crippen molar-refractivity contribution >= 4 is 18.0 Å². The zero-order valence-electron chi connectivity index (χ0n) is 19.4. The minimum absolute atomic E-state index is 0.0788. The number of nitrogens with one attached hydrogen (secondary N) is 2. The van der Waals surface area contributed by atoms with Crippen molar-refractivity contribution in [1.29, 1.82) is 0 Å². The minimum atomic E-state index is -1.24. The van der Waals surface area contributed by atoms with Gasteiger partial charge in [-0.15, -0.1) is 0 Å². The third-order valence-electron chi connectivity index (χ3n) is 6.37. The van der Waals surface area contributed by atoms with Gasteiger partial charge in [-0.05, 0) is 48.9 Å². The number of fused-ring (bicyclic) bond motifs is 3. The number of rotatable bonds is 7. The van der Waals surface area contributed by atoms with Gasteiger partial charge in [0.05, 0.1) is 12.0 Å². The maximum Gasteiger partial charge on any atom is 0.407 e. The Kier molecular flexibility index (Phi) is 6.88. The van der Waals surface area contributed by atoms with Gasteiger partial charge in [0.2, 0.25) is 5.91 Å². The van der Waals surface area contributed by atoms with Gasteiger partial charge in [0.1, 0.15) is 12.6 Å². The molecular weight excluding hydrogens is 436 g/mol. The van der Waals surface area contributed by atoms with Crippen LogP contribution in [0.4, 0.5) is 4.79 Å². The molecule has 2 unspecified atom stereocenters. The van der Waals surface area contributed by atoms with Crippen molar-refractivity contribution in [2.45, 2.75) is 56.7 Å².